The summed E-state index contributed by atoms with van der Waals surface area (Å²) in [7, 11) is 0. The molecule has 1 fully saturated rings. The van der Waals surface area contributed by atoms with E-state index in [0.717, 1.165) is 30.7 Å². The zero-order valence-corrected chi connectivity index (χ0v) is 11.8. The van der Waals surface area contributed by atoms with Gasteiger partial charge in [-0.15, -0.1) is 21.5 Å². The SMILES string of the molecule is O=C(c1nnc(Cl)s1)N1CCCC1c1cccs1. The monoisotopic (exact) mass is 299 g/mol. The van der Waals surface area contributed by atoms with Crippen molar-refractivity contribution in [1.29, 1.82) is 0 Å². The lowest BCUT2D eigenvalue weighted by molar-refractivity contribution is 0.0736. The molecule has 94 valence electrons. The molecule has 0 saturated carbocycles. The molecular formula is C11H10ClN3OS2. The Bertz CT molecular complexity index is 554. The quantitative estimate of drug-likeness (QED) is 0.855. The van der Waals surface area contributed by atoms with Crippen LogP contribution in [0.25, 0.3) is 0 Å². The van der Waals surface area contributed by atoms with Gasteiger partial charge in [-0.3, -0.25) is 4.79 Å². The normalized spacial score (nSPS) is 19.4. The second-order valence-electron chi connectivity index (χ2n) is 4.03. The maximum atomic E-state index is 12.3. The van der Waals surface area contributed by atoms with Gasteiger partial charge < -0.3 is 4.90 Å². The van der Waals surface area contributed by atoms with Gasteiger partial charge in [-0.1, -0.05) is 17.4 Å². The molecule has 0 aliphatic carbocycles. The number of aromatic nitrogens is 2. The van der Waals surface area contributed by atoms with Crippen molar-refractivity contribution < 1.29 is 4.79 Å². The van der Waals surface area contributed by atoms with Crippen molar-refractivity contribution in [2.75, 3.05) is 6.54 Å². The number of thiophene rings is 1. The summed E-state index contributed by atoms with van der Waals surface area (Å²) >= 11 is 8.55. The first-order valence-corrected chi connectivity index (χ1v) is 7.66. The summed E-state index contributed by atoms with van der Waals surface area (Å²) in [4.78, 5) is 15.5. The van der Waals surface area contributed by atoms with Crippen LogP contribution >= 0.6 is 34.3 Å². The van der Waals surface area contributed by atoms with Crippen molar-refractivity contribution >= 4 is 40.2 Å². The average molecular weight is 300 g/mol. The van der Waals surface area contributed by atoms with Crippen molar-refractivity contribution in [2.24, 2.45) is 0 Å². The fraction of sp³-hybridized carbons (Fsp3) is 0.364. The predicted molar refractivity (Wildman–Crippen MR) is 72.2 cm³/mol. The summed E-state index contributed by atoms with van der Waals surface area (Å²) in [5, 5.41) is 9.93. The summed E-state index contributed by atoms with van der Waals surface area (Å²) in [6, 6.07) is 4.27. The number of carbonyl (C=O) groups excluding carboxylic acids is 1. The number of hydrogen-bond acceptors (Lipinski definition) is 5. The van der Waals surface area contributed by atoms with Crippen molar-refractivity contribution in [2.45, 2.75) is 18.9 Å². The first kappa shape index (κ1) is 12.1. The summed E-state index contributed by atoms with van der Waals surface area (Å²) in [6.07, 6.45) is 2.04. The summed E-state index contributed by atoms with van der Waals surface area (Å²) in [5.41, 5.74) is 0. The van der Waals surface area contributed by atoms with E-state index in [1.165, 1.54) is 4.88 Å². The lowest BCUT2D eigenvalue weighted by atomic mass is 10.2. The zero-order valence-electron chi connectivity index (χ0n) is 9.38. The van der Waals surface area contributed by atoms with Crippen LogP contribution in [0.1, 0.15) is 33.6 Å². The average Bonchev–Trinajstić information content (AvgIpc) is 3.08. The minimum absolute atomic E-state index is 0.0599. The molecule has 1 aliphatic rings. The fourth-order valence-corrected chi connectivity index (χ4v) is 3.86. The molecule has 1 saturated heterocycles. The molecule has 7 heteroatoms. The van der Waals surface area contributed by atoms with E-state index in [1.807, 2.05) is 16.3 Å². The van der Waals surface area contributed by atoms with Crippen molar-refractivity contribution in [3.05, 3.63) is 31.9 Å². The van der Waals surface area contributed by atoms with Gasteiger partial charge in [-0.2, -0.15) is 0 Å². The number of nitrogens with zero attached hydrogens (tertiary/aromatic N) is 3. The van der Waals surface area contributed by atoms with E-state index in [9.17, 15) is 4.79 Å². The third-order valence-corrected chi connectivity index (χ3v) is 4.95. The molecule has 0 aromatic carbocycles. The van der Waals surface area contributed by atoms with Crippen LogP contribution in [0.3, 0.4) is 0 Å². The Hall–Kier alpha value is -0.980. The maximum Gasteiger partial charge on any atom is 0.285 e. The molecule has 0 radical (unpaired) electrons. The van der Waals surface area contributed by atoms with Gasteiger partial charge in [0, 0.05) is 11.4 Å². The highest BCUT2D eigenvalue weighted by molar-refractivity contribution is 7.17. The Balaban J connectivity index is 1.85. The Morgan fingerprint density at radius 1 is 1.50 bits per heavy atom. The van der Waals surface area contributed by atoms with Gasteiger partial charge in [0.05, 0.1) is 6.04 Å². The molecule has 18 heavy (non-hydrogen) atoms. The number of rotatable bonds is 2. The van der Waals surface area contributed by atoms with Crippen molar-refractivity contribution in [3.63, 3.8) is 0 Å². The van der Waals surface area contributed by atoms with Crippen LogP contribution in [0.5, 0.6) is 0 Å². The van der Waals surface area contributed by atoms with E-state index in [0.29, 0.717) is 9.47 Å². The number of hydrogen-bond donors (Lipinski definition) is 0. The molecule has 3 rings (SSSR count). The fourth-order valence-electron chi connectivity index (χ4n) is 2.20. The number of amides is 1. The molecule has 0 spiro atoms. The van der Waals surface area contributed by atoms with Gasteiger partial charge in [0.1, 0.15) is 0 Å². The second-order valence-corrected chi connectivity index (χ2v) is 6.57. The molecule has 1 atom stereocenters. The topological polar surface area (TPSA) is 46.1 Å². The predicted octanol–water partition coefficient (Wildman–Crippen LogP) is 3.23. The maximum absolute atomic E-state index is 12.3. The van der Waals surface area contributed by atoms with E-state index < -0.39 is 0 Å². The first-order valence-electron chi connectivity index (χ1n) is 5.59. The summed E-state index contributed by atoms with van der Waals surface area (Å²) in [6.45, 7) is 0.776. The van der Waals surface area contributed by atoms with Gasteiger partial charge >= 0.3 is 0 Å². The highest BCUT2D eigenvalue weighted by Crippen LogP contribution is 2.35. The Kier molecular flexibility index (Phi) is 3.32. The van der Waals surface area contributed by atoms with Gasteiger partial charge in [0.25, 0.3) is 5.91 Å². The van der Waals surface area contributed by atoms with Crippen molar-refractivity contribution in [3.8, 4) is 0 Å². The van der Waals surface area contributed by atoms with Crippen LogP contribution in [0.4, 0.5) is 0 Å². The van der Waals surface area contributed by atoms with Crippen LogP contribution in [0.2, 0.25) is 4.47 Å². The Morgan fingerprint density at radius 3 is 3.06 bits per heavy atom. The molecule has 0 bridgehead atoms. The largest absolute Gasteiger partial charge is 0.329 e. The lowest BCUT2D eigenvalue weighted by Crippen LogP contribution is -2.30. The molecule has 0 N–H and O–H groups in total. The van der Waals surface area contributed by atoms with Gasteiger partial charge in [-0.05, 0) is 35.9 Å². The first-order chi connectivity index (χ1) is 8.75. The van der Waals surface area contributed by atoms with E-state index >= 15 is 0 Å². The molecule has 3 heterocycles. The zero-order chi connectivity index (χ0) is 12.5. The molecule has 1 amide bonds. The molecule has 1 unspecified atom stereocenters. The molecular weight excluding hydrogens is 290 g/mol. The Labute approximate surface area is 117 Å². The van der Waals surface area contributed by atoms with E-state index in [2.05, 4.69) is 16.3 Å². The molecule has 4 nitrogen and oxygen atoms in total. The van der Waals surface area contributed by atoms with Crippen LogP contribution in [0, 0.1) is 0 Å². The minimum atomic E-state index is -0.0599. The van der Waals surface area contributed by atoms with Gasteiger partial charge in [0.15, 0.2) is 0 Å². The van der Waals surface area contributed by atoms with Crippen molar-refractivity contribution in [1.82, 2.24) is 15.1 Å². The third kappa shape index (κ3) is 2.15. The summed E-state index contributed by atoms with van der Waals surface area (Å²) < 4.78 is 0.310. The van der Waals surface area contributed by atoms with E-state index in [4.69, 9.17) is 11.6 Å². The summed E-state index contributed by atoms with van der Waals surface area (Å²) in [5.74, 6) is -0.0599. The Morgan fingerprint density at radius 2 is 2.39 bits per heavy atom. The third-order valence-electron chi connectivity index (χ3n) is 2.97. The van der Waals surface area contributed by atoms with Gasteiger partial charge in [0.2, 0.25) is 9.47 Å². The van der Waals surface area contributed by atoms with Gasteiger partial charge in [-0.25, -0.2) is 0 Å². The number of likely N-dealkylation sites (tertiary alicyclic amines) is 1. The van der Waals surface area contributed by atoms with Crippen LogP contribution < -0.4 is 0 Å². The van der Waals surface area contributed by atoms with Crippen LogP contribution in [0.15, 0.2) is 17.5 Å². The highest BCUT2D eigenvalue weighted by atomic mass is 35.5. The smallest absolute Gasteiger partial charge is 0.285 e. The minimum Gasteiger partial charge on any atom is -0.329 e. The van der Waals surface area contributed by atoms with E-state index in [1.54, 1.807) is 11.3 Å². The van der Waals surface area contributed by atoms with E-state index in [-0.39, 0.29) is 11.9 Å². The van der Waals surface area contributed by atoms with Crippen LogP contribution in [-0.2, 0) is 0 Å². The lowest BCUT2D eigenvalue weighted by Gasteiger charge is -2.22. The molecule has 1 aliphatic heterocycles. The highest BCUT2D eigenvalue weighted by Gasteiger charge is 2.32. The second kappa shape index (κ2) is 4.95. The molecule has 2 aromatic rings. The number of halogens is 1. The number of carbonyl (C=O) groups is 1. The van der Waals surface area contributed by atoms with Crippen LogP contribution in [-0.4, -0.2) is 27.5 Å². The molecule has 2 aromatic heterocycles. The standard InChI is InChI=1S/C11H10ClN3OS2/c12-11-14-13-9(18-11)10(16)15-5-1-3-7(15)8-4-2-6-17-8/h2,4,6-7H,1,3,5H2.